The lowest BCUT2D eigenvalue weighted by Crippen LogP contribution is -2.15. The van der Waals surface area contributed by atoms with Crippen LogP contribution in [-0.2, 0) is 18.3 Å². The molecule has 7 heteroatoms. The summed E-state index contributed by atoms with van der Waals surface area (Å²) in [5, 5.41) is 12.6. The number of aryl methyl sites for hydroxylation is 4. The van der Waals surface area contributed by atoms with E-state index in [-0.39, 0.29) is 11.7 Å². The van der Waals surface area contributed by atoms with Gasteiger partial charge >= 0.3 is 0 Å². The lowest BCUT2D eigenvalue weighted by molar-refractivity contribution is -0.113. The summed E-state index contributed by atoms with van der Waals surface area (Å²) >= 11 is 1.39. The fourth-order valence-electron chi connectivity index (χ4n) is 3.49. The minimum atomic E-state index is -0.0638. The average molecular weight is 446 g/mol. The first kappa shape index (κ1) is 21.9. The van der Waals surface area contributed by atoms with Gasteiger partial charge in [0.2, 0.25) is 5.91 Å². The lowest BCUT2D eigenvalue weighted by atomic mass is 10.1. The molecule has 0 spiro atoms. The highest BCUT2D eigenvalue weighted by Crippen LogP contribution is 2.25. The Balaban J connectivity index is 1.56. The highest BCUT2D eigenvalue weighted by atomic mass is 32.2. The molecule has 0 saturated carbocycles. The number of benzene rings is 2. The summed E-state index contributed by atoms with van der Waals surface area (Å²) in [5.74, 6) is 1.03. The predicted molar refractivity (Wildman–Crippen MR) is 130 cm³/mol. The molecule has 0 bridgehead atoms. The van der Waals surface area contributed by atoms with Gasteiger partial charge in [-0.2, -0.15) is 0 Å². The number of thioether (sulfide) groups is 1. The number of aromatic nitrogens is 4. The third kappa shape index (κ3) is 4.94. The number of carbonyl (C=O) groups excluding carboxylic acids is 1. The summed E-state index contributed by atoms with van der Waals surface area (Å²) < 4.78 is 4.13. The number of amides is 1. The number of rotatable bonds is 7. The summed E-state index contributed by atoms with van der Waals surface area (Å²) in [4.78, 5) is 12.7. The average Bonchev–Trinajstić information content (AvgIpc) is 3.36. The van der Waals surface area contributed by atoms with Gasteiger partial charge in [0.25, 0.3) is 0 Å². The fourth-order valence-corrected chi connectivity index (χ4v) is 4.26. The van der Waals surface area contributed by atoms with Crippen LogP contribution in [0.25, 0.3) is 5.69 Å². The molecule has 2 aromatic carbocycles. The minimum Gasteiger partial charge on any atom is -0.354 e. The molecular formula is C25H27N5OS. The Hall–Kier alpha value is -3.32. The SMILES string of the molecule is Cc1ccc(-n2c(Cc3cccn3C)nnc2SCC(=O)Nc2cc(C)ccc2C)cc1. The first-order valence-corrected chi connectivity index (χ1v) is 11.5. The normalized spacial score (nSPS) is 11.0. The minimum absolute atomic E-state index is 0.0638. The second-order valence-corrected chi connectivity index (χ2v) is 8.95. The third-order valence-corrected chi connectivity index (χ3v) is 6.31. The van der Waals surface area contributed by atoms with E-state index in [0.29, 0.717) is 11.6 Å². The molecule has 2 heterocycles. The molecule has 0 aliphatic rings. The summed E-state index contributed by atoms with van der Waals surface area (Å²) in [6.45, 7) is 6.07. The Morgan fingerprint density at radius 1 is 1.00 bits per heavy atom. The molecule has 0 atom stereocenters. The van der Waals surface area contributed by atoms with Gasteiger partial charge in [-0.15, -0.1) is 10.2 Å². The van der Waals surface area contributed by atoms with Gasteiger partial charge in [0, 0.05) is 36.7 Å². The van der Waals surface area contributed by atoms with Crippen molar-refractivity contribution in [3.05, 3.63) is 89.0 Å². The van der Waals surface area contributed by atoms with E-state index in [4.69, 9.17) is 0 Å². The summed E-state index contributed by atoms with van der Waals surface area (Å²) in [6, 6.07) is 18.4. The van der Waals surface area contributed by atoms with E-state index < -0.39 is 0 Å². The van der Waals surface area contributed by atoms with Crippen LogP contribution in [-0.4, -0.2) is 31.0 Å². The van der Waals surface area contributed by atoms with Gasteiger partial charge in [-0.25, -0.2) is 0 Å². The zero-order valence-electron chi connectivity index (χ0n) is 18.8. The molecule has 4 rings (SSSR count). The molecule has 0 aliphatic heterocycles. The Labute approximate surface area is 192 Å². The Morgan fingerprint density at radius 3 is 2.47 bits per heavy atom. The van der Waals surface area contributed by atoms with Crippen LogP contribution in [0.15, 0.2) is 66.0 Å². The maximum atomic E-state index is 12.7. The second-order valence-electron chi connectivity index (χ2n) is 8.01. The molecule has 32 heavy (non-hydrogen) atoms. The summed E-state index contributed by atoms with van der Waals surface area (Å²) in [6.07, 6.45) is 2.68. The van der Waals surface area contributed by atoms with Crippen molar-refractivity contribution < 1.29 is 4.79 Å². The second kappa shape index (κ2) is 9.44. The Morgan fingerprint density at radius 2 is 1.75 bits per heavy atom. The number of carbonyl (C=O) groups is 1. The van der Waals surface area contributed by atoms with E-state index in [1.165, 1.54) is 17.3 Å². The van der Waals surface area contributed by atoms with Crippen LogP contribution in [0.2, 0.25) is 0 Å². The molecule has 0 radical (unpaired) electrons. The van der Waals surface area contributed by atoms with Gasteiger partial charge in [0.15, 0.2) is 5.16 Å². The van der Waals surface area contributed by atoms with Gasteiger partial charge in [-0.3, -0.25) is 9.36 Å². The van der Waals surface area contributed by atoms with Crippen molar-refractivity contribution in [3.8, 4) is 5.69 Å². The standard InChI is InChI=1S/C25H27N5OS/c1-17-8-11-20(12-9-17)30-23(15-21-6-5-13-29(21)4)27-28-25(30)32-16-24(31)26-22-14-18(2)7-10-19(22)3/h5-14H,15-16H2,1-4H3,(H,26,31). The number of nitrogens with zero attached hydrogens (tertiary/aromatic N) is 4. The molecule has 6 nitrogen and oxygen atoms in total. The Bertz CT molecular complexity index is 1240. The molecule has 0 saturated heterocycles. The molecule has 2 aromatic heterocycles. The summed E-state index contributed by atoms with van der Waals surface area (Å²) in [7, 11) is 2.02. The van der Waals surface area contributed by atoms with Crippen LogP contribution >= 0.6 is 11.8 Å². The van der Waals surface area contributed by atoms with E-state index in [0.717, 1.165) is 34.0 Å². The zero-order valence-corrected chi connectivity index (χ0v) is 19.6. The van der Waals surface area contributed by atoms with Crippen LogP contribution in [0.5, 0.6) is 0 Å². The van der Waals surface area contributed by atoms with E-state index in [9.17, 15) is 4.79 Å². The topological polar surface area (TPSA) is 64.7 Å². The predicted octanol–water partition coefficient (Wildman–Crippen LogP) is 4.85. The van der Waals surface area contributed by atoms with Crippen LogP contribution in [0, 0.1) is 20.8 Å². The fraction of sp³-hybridized carbons (Fsp3) is 0.240. The number of hydrogen-bond acceptors (Lipinski definition) is 4. The van der Waals surface area contributed by atoms with Gasteiger partial charge in [-0.1, -0.05) is 41.6 Å². The molecule has 1 N–H and O–H groups in total. The number of anilines is 1. The van der Waals surface area contributed by atoms with E-state index in [2.05, 4.69) is 57.3 Å². The van der Waals surface area contributed by atoms with E-state index in [1.54, 1.807) is 0 Å². The molecule has 4 aromatic rings. The van der Waals surface area contributed by atoms with Crippen molar-refractivity contribution in [1.82, 2.24) is 19.3 Å². The first-order chi connectivity index (χ1) is 15.4. The van der Waals surface area contributed by atoms with Crippen molar-refractivity contribution in [2.45, 2.75) is 32.3 Å². The molecule has 0 aliphatic carbocycles. The molecule has 164 valence electrons. The summed E-state index contributed by atoms with van der Waals surface area (Å²) in [5.41, 5.74) is 6.33. The maximum Gasteiger partial charge on any atom is 0.234 e. The van der Waals surface area contributed by atoms with Crippen LogP contribution in [0.3, 0.4) is 0 Å². The molecule has 0 unspecified atom stereocenters. The number of hydrogen-bond donors (Lipinski definition) is 1. The lowest BCUT2D eigenvalue weighted by Gasteiger charge is -2.12. The van der Waals surface area contributed by atoms with Crippen molar-refractivity contribution in [3.63, 3.8) is 0 Å². The van der Waals surface area contributed by atoms with Crippen molar-refractivity contribution >= 4 is 23.4 Å². The highest BCUT2D eigenvalue weighted by Gasteiger charge is 2.17. The first-order valence-electron chi connectivity index (χ1n) is 10.5. The van der Waals surface area contributed by atoms with E-state index >= 15 is 0 Å². The maximum absolute atomic E-state index is 12.7. The largest absolute Gasteiger partial charge is 0.354 e. The van der Waals surface area contributed by atoms with E-state index in [1.807, 2.05) is 55.9 Å². The van der Waals surface area contributed by atoms with Crippen LogP contribution in [0.4, 0.5) is 5.69 Å². The highest BCUT2D eigenvalue weighted by molar-refractivity contribution is 7.99. The van der Waals surface area contributed by atoms with Crippen molar-refractivity contribution in [1.29, 1.82) is 0 Å². The van der Waals surface area contributed by atoms with Gasteiger partial charge in [0.1, 0.15) is 5.82 Å². The zero-order chi connectivity index (χ0) is 22.7. The molecule has 0 fully saturated rings. The number of nitrogens with one attached hydrogen (secondary N) is 1. The molecular weight excluding hydrogens is 418 g/mol. The van der Waals surface area contributed by atoms with Crippen molar-refractivity contribution in [2.75, 3.05) is 11.1 Å². The van der Waals surface area contributed by atoms with Crippen LogP contribution in [0.1, 0.15) is 28.2 Å². The third-order valence-electron chi connectivity index (χ3n) is 5.38. The monoisotopic (exact) mass is 445 g/mol. The quantitative estimate of drug-likeness (QED) is 0.413. The van der Waals surface area contributed by atoms with Gasteiger partial charge in [-0.05, 0) is 62.2 Å². The molecule has 1 amide bonds. The smallest absolute Gasteiger partial charge is 0.234 e. The van der Waals surface area contributed by atoms with Crippen molar-refractivity contribution in [2.24, 2.45) is 7.05 Å². The van der Waals surface area contributed by atoms with Gasteiger partial charge < -0.3 is 9.88 Å². The van der Waals surface area contributed by atoms with Gasteiger partial charge in [0.05, 0.1) is 5.75 Å². The Kier molecular flexibility index (Phi) is 6.46. The van der Waals surface area contributed by atoms with Crippen LogP contribution < -0.4 is 5.32 Å².